The summed E-state index contributed by atoms with van der Waals surface area (Å²) in [7, 11) is 0. The number of hydrogen-bond acceptors (Lipinski definition) is 4. The molecule has 140 valence electrons. The van der Waals surface area contributed by atoms with Crippen LogP contribution in [0.3, 0.4) is 0 Å². The first-order chi connectivity index (χ1) is 11.6. The minimum absolute atomic E-state index is 0. The second-order valence-corrected chi connectivity index (χ2v) is 6.16. The summed E-state index contributed by atoms with van der Waals surface area (Å²) in [5.41, 5.74) is 1.02. The molecule has 1 fully saturated rings. The van der Waals surface area contributed by atoms with Crippen molar-refractivity contribution in [3.8, 4) is 5.75 Å². The van der Waals surface area contributed by atoms with E-state index >= 15 is 0 Å². The molecule has 1 amide bonds. The van der Waals surface area contributed by atoms with E-state index < -0.39 is 5.97 Å². The number of halogens is 1. The number of nitrogens with zero attached hydrogens (tertiary/aromatic N) is 1. The van der Waals surface area contributed by atoms with Crippen LogP contribution in [-0.2, 0) is 16.1 Å². The zero-order chi connectivity index (χ0) is 17.4. The zero-order valence-corrected chi connectivity index (χ0v) is 15.4. The van der Waals surface area contributed by atoms with Gasteiger partial charge in [0.25, 0.3) is 0 Å². The Kier molecular flexibility index (Phi) is 9.31. The fourth-order valence-electron chi connectivity index (χ4n) is 2.72. The molecule has 1 heterocycles. The van der Waals surface area contributed by atoms with Gasteiger partial charge in [-0.1, -0.05) is 19.1 Å². The van der Waals surface area contributed by atoms with Crippen molar-refractivity contribution in [2.24, 2.45) is 5.92 Å². The molecule has 1 saturated heterocycles. The van der Waals surface area contributed by atoms with E-state index in [1.165, 1.54) is 0 Å². The molecule has 1 aliphatic rings. The smallest absolute Gasteiger partial charge is 0.306 e. The van der Waals surface area contributed by atoms with E-state index in [1.54, 1.807) is 0 Å². The second-order valence-electron chi connectivity index (χ2n) is 6.16. The summed E-state index contributed by atoms with van der Waals surface area (Å²) in [5, 5.41) is 11.9. The molecular weight excluding hydrogens is 344 g/mol. The Labute approximate surface area is 154 Å². The predicted octanol–water partition coefficient (Wildman–Crippen LogP) is 2.31. The first kappa shape index (κ1) is 21.3. The maximum Gasteiger partial charge on any atom is 0.306 e. The molecule has 1 aromatic carbocycles. The predicted molar refractivity (Wildman–Crippen MR) is 98.1 cm³/mol. The number of carbonyl (C=O) groups excluding carboxylic acids is 1. The van der Waals surface area contributed by atoms with Crippen LogP contribution >= 0.6 is 12.4 Å². The van der Waals surface area contributed by atoms with Gasteiger partial charge in [0.2, 0.25) is 5.91 Å². The topological polar surface area (TPSA) is 78.9 Å². The number of piperidine rings is 1. The number of carbonyl (C=O) groups is 2. The molecule has 0 atom stereocenters. The van der Waals surface area contributed by atoms with Crippen LogP contribution in [0.1, 0.15) is 31.7 Å². The quantitative estimate of drug-likeness (QED) is 0.734. The van der Waals surface area contributed by atoms with Gasteiger partial charge in [-0.25, -0.2) is 0 Å². The van der Waals surface area contributed by atoms with E-state index in [0.29, 0.717) is 45.6 Å². The number of benzene rings is 1. The Balaban J connectivity index is 0.00000312. The summed E-state index contributed by atoms with van der Waals surface area (Å²) in [4.78, 5) is 24.9. The lowest BCUT2D eigenvalue weighted by Gasteiger charge is -2.29. The number of likely N-dealkylation sites (tertiary alicyclic amines) is 1. The van der Waals surface area contributed by atoms with Gasteiger partial charge in [-0.3, -0.25) is 14.5 Å². The van der Waals surface area contributed by atoms with Crippen molar-refractivity contribution < 1.29 is 19.4 Å². The lowest BCUT2D eigenvalue weighted by molar-refractivity contribution is -0.143. The van der Waals surface area contributed by atoms with Gasteiger partial charge in [-0.05, 0) is 50.0 Å². The van der Waals surface area contributed by atoms with E-state index in [-0.39, 0.29) is 24.2 Å². The van der Waals surface area contributed by atoms with Crippen molar-refractivity contribution in [3.63, 3.8) is 0 Å². The van der Waals surface area contributed by atoms with Crippen LogP contribution in [0.2, 0.25) is 0 Å². The molecule has 0 aromatic heterocycles. The molecule has 1 aliphatic heterocycles. The molecule has 0 saturated carbocycles. The number of amides is 1. The molecule has 0 radical (unpaired) electrons. The Hall–Kier alpha value is -1.79. The van der Waals surface area contributed by atoms with Crippen LogP contribution in [0.4, 0.5) is 0 Å². The Morgan fingerprint density at radius 2 is 1.88 bits per heavy atom. The Bertz CT molecular complexity index is 543. The molecule has 25 heavy (non-hydrogen) atoms. The van der Waals surface area contributed by atoms with Gasteiger partial charge in [-0.2, -0.15) is 0 Å². The average molecular weight is 371 g/mol. The van der Waals surface area contributed by atoms with Crippen molar-refractivity contribution in [1.82, 2.24) is 10.2 Å². The molecule has 0 spiro atoms. The Morgan fingerprint density at radius 1 is 1.24 bits per heavy atom. The molecule has 0 unspecified atom stereocenters. The van der Waals surface area contributed by atoms with Gasteiger partial charge in [0.1, 0.15) is 5.75 Å². The number of ether oxygens (including phenoxy) is 1. The minimum Gasteiger partial charge on any atom is -0.494 e. The third-order valence-corrected chi connectivity index (χ3v) is 4.19. The van der Waals surface area contributed by atoms with Crippen LogP contribution in [0.15, 0.2) is 24.3 Å². The van der Waals surface area contributed by atoms with Crippen LogP contribution in [0.5, 0.6) is 5.75 Å². The van der Waals surface area contributed by atoms with E-state index in [2.05, 4.69) is 12.2 Å². The molecule has 2 rings (SSSR count). The molecular formula is C18H27ClN2O4. The number of carboxylic acid groups (broad SMARTS) is 1. The van der Waals surface area contributed by atoms with Crippen LogP contribution in [-0.4, -0.2) is 48.1 Å². The highest BCUT2D eigenvalue weighted by Gasteiger charge is 2.25. The second kappa shape index (κ2) is 10.9. The normalized spacial score (nSPS) is 15.2. The van der Waals surface area contributed by atoms with E-state index in [1.807, 2.05) is 29.2 Å². The number of nitrogens with one attached hydrogen (secondary N) is 1. The SMILES string of the molecule is CCCOc1ccc(CNC(=O)CN2CCC(C(=O)O)CC2)cc1.Cl. The highest BCUT2D eigenvalue weighted by atomic mass is 35.5. The molecule has 6 nitrogen and oxygen atoms in total. The average Bonchev–Trinajstić information content (AvgIpc) is 2.59. The van der Waals surface area contributed by atoms with Gasteiger partial charge >= 0.3 is 5.97 Å². The summed E-state index contributed by atoms with van der Waals surface area (Å²) in [6.07, 6.45) is 2.20. The number of rotatable bonds is 8. The van der Waals surface area contributed by atoms with Crippen LogP contribution in [0, 0.1) is 5.92 Å². The van der Waals surface area contributed by atoms with E-state index in [4.69, 9.17) is 9.84 Å². The molecule has 7 heteroatoms. The summed E-state index contributed by atoms with van der Waals surface area (Å²) in [5.74, 6) is -0.188. The van der Waals surface area contributed by atoms with Crippen LogP contribution < -0.4 is 10.1 Å². The first-order valence-corrected chi connectivity index (χ1v) is 8.52. The first-order valence-electron chi connectivity index (χ1n) is 8.52. The highest BCUT2D eigenvalue weighted by molar-refractivity contribution is 5.85. The van der Waals surface area contributed by atoms with Gasteiger partial charge in [0, 0.05) is 6.54 Å². The maximum absolute atomic E-state index is 12.0. The Morgan fingerprint density at radius 3 is 2.44 bits per heavy atom. The summed E-state index contributed by atoms with van der Waals surface area (Å²) >= 11 is 0. The lowest BCUT2D eigenvalue weighted by Crippen LogP contribution is -2.42. The number of carboxylic acids is 1. The van der Waals surface area contributed by atoms with E-state index in [0.717, 1.165) is 17.7 Å². The van der Waals surface area contributed by atoms with Gasteiger partial charge in [0.15, 0.2) is 0 Å². The van der Waals surface area contributed by atoms with Gasteiger partial charge in [0.05, 0.1) is 19.1 Å². The number of hydrogen-bond donors (Lipinski definition) is 2. The highest BCUT2D eigenvalue weighted by Crippen LogP contribution is 2.17. The van der Waals surface area contributed by atoms with Crippen LogP contribution in [0.25, 0.3) is 0 Å². The summed E-state index contributed by atoms with van der Waals surface area (Å²) < 4.78 is 5.53. The standard InChI is InChI=1S/C18H26N2O4.ClH/c1-2-11-24-16-5-3-14(4-6-16)12-19-17(21)13-20-9-7-15(8-10-20)18(22)23;/h3-6,15H,2,7-13H2,1H3,(H,19,21)(H,22,23);1H. The van der Waals surface area contributed by atoms with Crippen molar-refractivity contribution in [2.75, 3.05) is 26.2 Å². The van der Waals surface area contributed by atoms with Crippen molar-refractivity contribution in [1.29, 1.82) is 0 Å². The third-order valence-electron chi connectivity index (χ3n) is 4.19. The zero-order valence-electron chi connectivity index (χ0n) is 14.6. The molecule has 2 N–H and O–H groups in total. The molecule has 0 aliphatic carbocycles. The van der Waals surface area contributed by atoms with Crippen molar-refractivity contribution in [2.45, 2.75) is 32.7 Å². The maximum atomic E-state index is 12.0. The molecule has 1 aromatic rings. The van der Waals surface area contributed by atoms with Crippen molar-refractivity contribution >= 4 is 24.3 Å². The monoisotopic (exact) mass is 370 g/mol. The largest absolute Gasteiger partial charge is 0.494 e. The summed E-state index contributed by atoms with van der Waals surface area (Å²) in [6, 6.07) is 7.72. The van der Waals surface area contributed by atoms with Gasteiger partial charge < -0.3 is 15.2 Å². The third kappa shape index (κ3) is 7.32. The fraction of sp³-hybridized carbons (Fsp3) is 0.556. The van der Waals surface area contributed by atoms with Gasteiger partial charge in [-0.15, -0.1) is 12.4 Å². The van der Waals surface area contributed by atoms with Crippen molar-refractivity contribution in [3.05, 3.63) is 29.8 Å². The fourth-order valence-corrected chi connectivity index (χ4v) is 2.72. The summed E-state index contributed by atoms with van der Waals surface area (Å²) in [6.45, 7) is 4.90. The number of aliphatic carboxylic acids is 1. The molecule has 0 bridgehead atoms. The minimum atomic E-state index is -0.731. The van der Waals surface area contributed by atoms with E-state index in [9.17, 15) is 9.59 Å². The lowest BCUT2D eigenvalue weighted by atomic mass is 9.97.